The largest absolute Gasteiger partial charge is 0.325 e. The van der Waals surface area contributed by atoms with Crippen molar-refractivity contribution in [3.05, 3.63) is 0 Å². The average Bonchev–Trinajstić information content (AvgIpc) is 1.89. The van der Waals surface area contributed by atoms with Gasteiger partial charge in [0.25, 0.3) is 0 Å². The van der Waals surface area contributed by atoms with Crippen molar-refractivity contribution in [1.82, 2.24) is 0 Å². The molecule has 0 aromatic heterocycles. The first-order valence-electron chi connectivity index (χ1n) is 4.12. The van der Waals surface area contributed by atoms with Crippen LogP contribution in [0.3, 0.4) is 0 Å². The fourth-order valence-corrected chi connectivity index (χ4v) is 2.07. The fourth-order valence-electron chi connectivity index (χ4n) is 1.69. The summed E-state index contributed by atoms with van der Waals surface area (Å²) in [6, 6.07) is 0. The van der Waals surface area contributed by atoms with E-state index in [0.29, 0.717) is 0 Å². The summed E-state index contributed by atoms with van der Waals surface area (Å²) < 4.78 is 0. The average molecular weight is 198 g/mol. The lowest BCUT2D eigenvalue weighted by molar-refractivity contribution is 0.289. The first-order chi connectivity index (χ1) is 4.77. The first-order valence-corrected chi connectivity index (χ1v) is 4.65. The molecule has 0 aliphatic heterocycles. The van der Waals surface area contributed by atoms with Gasteiger partial charge in [-0.3, -0.25) is 0 Å². The minimum Gasteiger partial charge on any atom is -0.325 e. The van der Waals surface area contributed by atoms with Gasteiger partial charge in [0.15, 0.2) is 0 Å². The Bertz CT molecular complexity index is 94.8. The van der Waals surface area contributed by atoms with Gasteiger partial charge in [-0.1, -0.05) is 19.3 Å². The molecule has 1 aliphatic carbocycles. The molecule has 11 heavy (non-hydrogen) atoms. The van der Waals surface area contributed by atoms with Crippen LogP contribution < -0.4 is 5.73 Å². The molecule has 1 aliphatic rings. The highest BCUT2D eigenvalue weighted by Crippen LogP contribution is 2.28. The molecule has 1 nitrogen and oxygen atoms in total. The Hall–Kier alpha value is 0.540. The van der Waals surface area contributed by atoms with E-state index in [4.69, 9.17) is 17.3 Å². The quantitative estimate of drug-likeness (QED) is 0.678. The predicted octanol–water partition coefficient (Wildman–Crippen LogP) is 2.70. The molecule has 0 amide bonds. The van der Waals surface area contributed by atoms with Crippen LogP contribution in [0.2, 0.25) is 0 Å². The van der Waals surface area contributed by atoms with E-state index in [-0.39, 0.29) is 17.9 Å². The second-order valence-electron chi connectivity index (χ2n) is 3.36. The SMILES string of the molecule is Cl.NC1(CCCl)CCCCC1. The minimum absolute atomic E-state index is 0. The molecule has 0 aromatic carbocycles. The lowest BCUT2D eigenvalue weighted by Gasteiger charge is -2.32. The van der Waals surface area contributed by atoms with E-state index in [1.54, 1.807) is 0 Å². The molecule has 1 saturated carbocycles. The first kappa shape index (κ1) is 11.5. The summed E-state index contributed by atoms with van der Waals surface area (Å²) in [5, 5.41) is 0. The molecule has 0 radical (unpaired) electrons. The number of halogens is 2. The molecule has 0 unspecified atom stereocenters. The number of rotatable bonds is 2. The maximum absolute atomic E-state index is 6.09. The highest BCUT2D eigenvalue weighted by molar-refractivity contribution is 6.17. The van der Waals surface area contributed by atoms with Gasteiger partial charge in [0.1, 0.15) is 0 Å². The van der Waals surface area contributed by atoms with Crippen LogP contribution in [0.5, 0.6) is 0 Å². The zero-order chi connectivity index (χ0) is 7.45. The summed E-state index contributed by atoms with van der Waals surface area (Å²) in [4.78, 5) is 0. The van der Waals surface area contributed by atoms with E-state index >= 15 is 0 Å². The Kier molecular flexibility index (Phi) is 5.49. The van der Waals surface area contributed by atoms with Crippen molar-refractivity contribution in [3.8, 4) is 0 Å². The van der Waals surface area contributed by atoms with E-state index in [2.05, 4.69) is 0 Å². The molecule has 0 heterocycles. The second-order valence-corrected chi connectivity index (χ2v) is 3.74. The Morgan fingerprint density at radius 3 is 2.18 bits per heavy atom. The predicted molar refractivity (Wildman–Crippen MR) is 52.6 cm³/mol. The van der Waals surface area contributed by atoms with Crippen LogP contribution in [0.15, 0.2) is 0 Å². The molecule has 0 spiro atoms. The third-order valence-electron chi connectivity index (χ3n) is 2.44. The third-order valence-corrected chi connectivity index (χ3v) is 2.63. The number of hydrogen-bond donors (Lipinski definition) is 1. The van der Waals surface area contributed by atoms with Crippen LogP contribution >= 0.6 is 24.0 Å². The Morgan fingerprint density at radius 1 is 1.18 bits per heavy atom. The fraction of sp³-hybridized carbons (Fsp3) is 1.00. The lowest BCUT2D eigenvalue weighted by Crippen LogP contribution is -2.41. The third kappa shape index (κ3) is 3.64. The molecule has 1 fully saturated rings. The maximum atomic E-state index is 6.09. The van der Waals surface area contributed by atoms with Crippen LogP contribution in [-0.2, 0) is 0 Å². The van der Waals surface area contributed by atoms with Crippen molar-refractivity contribution >= 4 is 24.0 Å². The van der Waals surface area contributed by atoms with Gasteiger partial charge in [-0.2, -0.15) is 0 Å². The summed E-state index contributed by atoms with van der Waals surface area (Å²) in [6.07, 6.45) is 7.32. The van der Waals surface area contributed by atoms with Gasteiger partial charge in [0.05, 0.1) is 0 Å². The molecular formula is C8H17Cl2N. The molecule has 2 N–H and O–H groups in total. The molecular weight excluding hydrogens is 181 g/mol. The monoisotopic (exact) mass is 197 g/mol. The van der Waals surface area contributed by atoms with E-state index in [1.807, 2.05) is 0 Å². The van der Waals surface area contributed by atoms with Crippen molar-refractivity contribution in [1.29, 1.82) is 0 Å². The van der Waals surface area contributed by atoms with Crippen LogP contribution in [0.4, 0.5) is 0 Å². The van der Waals surface area contributed by atoms with E-state index in [9.17, 15) is 0 Å². The van der Waals surface area contributed by atoms with E-state index < -0.39 is 0 Å². The van der Waals surface area contributed by atoms with Gasteiger partial charge in [0, 0.05) is 11.4 Å². The van der Waals surface area contributed by atoms with Crippen molar-refractivity contribution in [3.63, 3.8) is 0 Å². The second kappa shape index (κ2) is 5.23. The Balaban J connectivity index is 0.000001000. The molecule has 0 aromatic rings. The van der Waals surface area contributed by atoms with Crippen LogP contribution in [0, 0.1) is 0 Å². The molecule has 68 valence electrons. The Morgan fingerprint density at radius 2 is 1.73 bits per heavy atom. The molecule has 0 saturated heterocycles. The lowest BCUT2D eigenvalue weighted by atomic mass is 9.81. The van der Waals surface area contributed by atoms with Crippen molar-refractivity contribution < 1.29 is 0 Å². The van der Waals surface area contributed by atoms with Crippen molar-refractivity contribution in [2.24, 2.45) is 5.73 Å². The number of hydrogen-bond acceptors (Lipinski definition) is 1. The zero-order valence-corrected chi connectivity index (χ0v) is 8.39. The van der Waals surface area contributed by atoms with Gasteiger partial charge >= 0.3 is 0 Å². The van der Waals surface area contributed by atoms with Crippen LogP contribution in [0.25, 0.3) is 0 Å². The van der Waals surface area contributed by atoms with Crippen molar-refractivity contribution in [2.75, 3.05) is 5.88 Å². The van der Waals surface area contributed by atoms with E-state index in [0.717, 1.165) is 12.3 Å². The molecule has 3 heteroatoms. The van der Waals surface area contributed by atoms with Gasteiger partial charge in [-0.05, 0) is 19.3 Å². The highest BCUT2D eigenvalue weighted by Gasteiger charge is 2.25. The summed E-state index contributed by atoms with van der Waals surface area (Å²) in [5.74, 6) is 0.719. The Labute approximate surface area is 80.1 Å². The topological polar surface area (TPSA) is 26.0 Å². The maximum Gasteiger partial charge on any atom is 0.0240 e. The summed E-state index contributed by atoms with van der Waals surface area (Å²) >= 11 is 5.64. The zero-order valence-electron chi connectivity index (χ0n) is 6.81. The molecule has 0 bridgehead atoms. The van der Waals surface area contributed by atoms with Gasteiger partial charge in [-0.25, -0.2) is 0 Å². The van der Waals surface area contributed by atoms with Gasteiger partial charge in [-0.15, -0.1) is 24.0 Å². The van der Waals surface area contributed by atoms with E-state index in [1.165, 1.54) is 32.1 Å². The van der Waals surface area contributed by atoms with Crippen LogP contribution in [0.1, 0.15) is 38.5 Å². The molecule has 1 rings (SSSR count). The summed E-state index contributed by atoms with van der Waals surface area (Å²) in [7, 11) is 0. The van der Waals surface area contributed by atoms with Gasteiger partial charge in [0.2, 0.25) is 0 Å². The molecule has 0 atom stereocenters. The number of alkyl halides is 1. The highest BCUT2D eigenvalue weighted by atomic mass is 35.5. The minimum atomic E-state index is 0. The number of nitrogens with two attached hydrogens (primary N) is 1. The van der Waals surface area contributed by atoms with Crippen LogP contribution in [-0.4, -0.2) is 11.4 Å². The standard InChI is InChI=1S/C8H16ClN.ClH/c9-7-6-8(10)4-2-1-3-5-8;/h1-7,10H2;1H. The normalized spacial score (nSPS) is 22.4. The van der Waals surface area contributed by atoms with Crippen molar-refractivity contribution in [2.45, 2.75) is 44.1 Å². The summed E-state index contributed by atoms with van der Waals surface area (Å²) in [6.45, 7) is 0. The smallest absolute Gasteiger partial charge is 0.0240 e. The van der Waals surface area contributed by atoms with Gasteiger partial charge < -0.3 is 5.73 Å². The summed E-state index contributed by atoms with van der Waals surface area (Å²) in [5.41, 5.74) is 6.18.